The second kappa shape index (κ2) is 11.0. The molecule has 3 aromatic rings. The predicted molar refractivity (Wildman–Crippen MR) is 129 cm³/mol. The summed E-state index contributed by atoms with van der Waals surface area (Å²) in [4.78, 5) is 32.1. The Hall–Kier alpha value is -3.94. The molecule has 2 amide bonds. The van der Waals surface area contributed by atoms with Gasteiger partial charge in [-0.2, -0.15) is 0 Å². The van der Waals surface area contributed by atoms with Gasteiger partial charge < -0.3 is 10.1 Å². The van der Waals surface area contributed by atoms with Gasteiger partial charge in [-0.15, -0.1) is 0 Å². The third-order valence-electron chi connectivity index (χ3n) is 5.76. The lowest BCUT2D eigenvalue weighted by Crippen LogP contribution is -2.28. The van der Waals surface area contributed by atoms with E-state index in [-0.39, 0.29) is 41.5 Å². The average Bonchev–Trinajstić information content (AvgIpc) is 2.84. The van der Waals surface area contributed by atoms with E-state index >= 15 is 0 Å². The van der Waals surface area contributed by atoms with E-state index in [0.717, 1.165) is 18.2 Å². The minimum absolute atomic E-state index is 0.126. The van der Waals surface area contributed by atoms with Crippen LogP contribution < -0.4 is 10.1 Å². The van der Waals surface area contributed by atoms with Gasteiger partial charge in [0.05, 0.1) is 6.20 Å². The van der Waals surface area contributed by atoms with Gasteiger partial charge in [-0.3, -0.25) is 9.59 Å². The molecular weight excluding hydrogens is 452 g/mol. The zero-order valence-corrected chi connectivity index (χ0v) is 19.3. The van der Waals surface area contributed by atoms with Gasteiger partial charge in [-0.1, -0.05) is 30.3 Å². The van der Waals surface area contributed by atoms with Crippen LogP contribution in [0.2, 0.25) is 0 Å². The lowest BCUT2D eigenvalue weighted by Gasteiger charge is -2.22. The molecule has 1 fully saturated rings. The summed E-state index contributed by atoms with van der Waals surface area (Å²) in [6.45, 7) is 1.56. The number of benzene rings is 2. The van der Waals surface area contributed by atoms with E-state index in [1.54, 1.807) is 0 Å². The molecule has 2 aromatic carbocycles. The largest absolute Gasteiger partial charge is 0.488 e. The Bertz CT molecular complexity index is 1260. The van der Waals surface area contributed by atoms with Crippen molar-refractivity contribution in [1.29, 1.82) is 0 Å². The lowest BCUT2D eigenvalue weighted by molar-refractivity contribution is -0.120. The Morgan fingerprint density at radius 1 is 1.11 bits per heavy atom. The summed E-state index contributed by atoms with van der Waals surface area (Å²) in [6.07, 6.45) is 3.52. The molecule has 180 valence electrons. The van der Waals surface area contributed by atoms with Crippen molar-refractivity contribution in [3.05, 3.63) is 78.0 Å². The van der Waals surface area contributed by atoms with E-state index in [2.05, 4.69) is 15.3 Å². The molecule has 0 unspecified atom stereocenters. The van der Waals surface area contributed by atoms with E-state index in [1.807, 2.05) is 30.3 Å². The molecule has 1 aliphatic rings. The number of nitrogens with one attached hydrogen (secondary N) is 1. The fourth-order valence-corrected chi connectivity index (χ4v) is 4.10. The summed E-state index contributed by atoms with van der Waals surface area (Å²) in [6, 6.07) is 14.6. The van der Waals surface area contributed by atoms with Gasteiger partial charge in [0.25, 0.3) is 0 Å². The van der Waals surface area contributed by atoms with Crippen molar-refractivity contribution in [2.45, 2.75) is 39.2 Å². The van der Waals surface area contributed by atoms with Crippen LogP contribution in [0.1, 0.15) is 38.2 Å². The molecule has 1 atom stereocenters. The molecule has 0 saturated heterocycles. The number of carbonyl (C=O) groups is 2. The van der Waals surface area contributed by atoms with Crippen LogP contribution in [0.25, 0.3) is 11.1 Å². The molecule has 1 saturated carbocycles. The SMILES string of the molecule is CC(=O)/N=C1\CCC[C@H](C(=O)Nc2cc(-c3ccc(F)cc3OCc3ccccc3)c(F)cn2)C1. The van der Waals surface area contributed by atoms with Gasteiger partial charge >= 0.3 is 0 Å². The number of pyridine rings is 1. The van der Waals surface area contributed by atoms with Crippen molar-refractivity contribution in [3.8, 4) is 16.9 Å². The van der Waals surface area contributed by atoms with Crippen molar-refractivity contribution in [1.82, 2.24) is 4.98 Å². The van der Waals surface area contributed by atoms with Gasteiger partial charge in [-0.05, 0) is 49.4 Å². The first kappa shape index (κ1) is 24.2. The minimum atomic E-state index is -0.632. The Balaban J connectivity index is 1.55. The summed E-state index contributed by atoms with van der Waals surface area (Å²) in [5, 5.41) is 2.74. The van der Waals surface area contributed by atoms with Crippen molar-refractivity contribution in [3.63, 3.8) is 0 Å². The average molecular weight is 478 g/mol. The van der Waals surface area contributed by atoms with Crippen LogP contribution in [-0.4, -0.2) is 22.5 Å². The summed E-state index contributed by atoms with van der Waals surface area (Å²) < 4.78 is 34.6. The van der Waals surface area contributed by atoms with Crippen LogP contribution in [0.3, 0.4) is 0 Å². The zero-order valence-electron chi connectivity index (χ0n) is 19.3. The molecule has 1 heterocycles. The summed E-state index contributed by atoms with van der Waals surface area (Å²) in [5.74, 6) is -1.71. The monoisotopic (exact) mass is 477 g/mol. The highest BCUT2D eigenvalue weighted by Gasteiger charge is 2.25. The van der Waals surface area contributed by atoms with Crippen molar-refractivity contribution < 1.29 is 23.1 Å². The number of nitrogens with zero attached hydrogens (tertiary/aromatic N) is 2. The topological polar surface area (TPSA) is 80.7 Å². The number of aromatic nitrogens is 1. The number of rotatable bonds is 6. The van der Waals surface area contributed by atoms with Crippen LogP contribution >= 0.6 is 0 Å². The predicted octanol–water partition coefficient (Wildman–Crippen LogP) is 5.72. The van der Waals surface area contributed by atoms with E-state index in [9.17, 15) is 18.4 Å². The lowest BCUT2D eigenvalue weighted by atomic mass is 9.87. The minimum Gasteiger partial charge on any atom is -0.488 e. The first-order valence-corrected chi connectivity index (χ1v) is 11.4. The standard InChI is InChI=1S/C27H25F2N3O3/c1-17(33)31-21-9-5-8-19(12-21)27(34)32-26-14-23(24(29)15-30-26)22-11-10-20(28)13-25(22)35-16-18-6-3-2-4-7-18/h2-4,6-7,10-11,13-15,19H,5,8-9,12,16H2,1H3,(H,30,32,34)/b31-21+/t19-/m0/s1. The van der Waals surface area contributed by atoms with E-state index in [4.69, 9.17) is 4.74 Å². The quantitative estimate of drug-likeness (QED) is 0.492. The molecule has 1 aromatic heterocycles. The molecular formula is C27H25F2N3O3. The third-order valence-corrected chi connectivity index (χ3v) is 5.76. The number of ether oxygens (including phenoxy) is 1. The number of hydrogen-bond donors (Lipinski definition) is 1. The molecule has 4 rings (SSSR count). The van der Waals surface area contributed by atoms with Gasteiger partial charge in [0.15, 0.2) is 0 Å². The highest BCUT2D eigenvalue weighted by atomic mass is 19.1. The molecule has 0 aliphatic heterocycles. The van der Waals surface area contributed by atoms with Crippen LogP contribution in [0.15, 0.2) is 65.8 Å². The fourth-order valence-electron chi connectivity index (χ4n) is 4.10. The van der Waals surface area contributed by atoms with Gasteiger partial charge in [0, 0.05) is 35.7 Å². The maximum atomic E-state index is 14.8. The molecule has 0 bridgehead atoms. The van der Waals surface area contributed by atoms with Crippen LogP contribution in [-0.2, 0) is 16.2 Å². The van der Waals surface area contributed by atoms with Gasteiger partial charge in [0.1, 0.15) is 29.8 Å². The highest BCUT2D eigenvalue weighted by Crippen LogP contribution is 2.34. The molecule has 0 spiro atoms. The van der Waals surface area contributed by atoms with E-state index in [1.165, 1.54) is 31.2 Å². The first-order valence-electron chi connectivity index (χ1n) is 11.4. The number of halogens is 2. The number of hydrogen-bond acceptors (Lipinski definition) is 4. The van der Waals surface area contributed by atoms with Crippen LogP contribution in [0, 0.1) is 17.6 Å². The maximum Gasteiger partial charge on any atom is 0.242 e. The number of carbonyl (C=O) groups excluding carboxylic acids is 2. The van der Waals surface area contributed by atoms with Gasteiger partial charge in [0.2, 0.25) is 11.8 Å². The second-order valence-electron chi connectivity index (χ2n) is 8.44. The zero-order chi connectivity index (χ0) is 24.8. The number of aliphatic imine (C=N–C) groups is 1. The Morgan fingerprint density at radius 2 is 1.91 bits per heavy atom. The summed E-state index contributed by atoms with van der Waals surface area (Å²) in [7, 11) is 0. The molecule has 1 N–H and O–H groups in total. The van der Waals surface area contributed by atoms with E-state index in [0.29, 0.717) is 30.5 Å². The molecule has 6 nitrogen and oxygen atoms in total. The third kappa shape index (κ3) is 6.35. The van der Waals surface area contributed by atoms with Gasteiger partial charge in [-0.25, -0.2) is 18.8 Å². The Morgan fingerprint density at radius 3 is 2.69 bits per heavy atom. The molecule has 0 radical (unpaired) electrons. The molecule has 8 heteroatoms. The Kier molecular flexibility index (Phi) is 7.60. The highest BCUT2D eigenvalue weighted by molar-refractivity contribution is 6.00. The Labute approximate surface area is 202 Å². The smallest absolute Gasteiger partial charge is 0.242 e. The molecule has 35 heavy (non-hydrogen) atoms. The number of anilines is 1. The van der Waals surface area contributed by atoms with Crippen molar-refractivity contribution in [2.24, 2.45) is 10.9 Å². The maximum absolute atomic E-state index is 14.8. The number of amides is 2. The normalized spacial score (nSPS) is 16.7. The van der Waals surface area contributed by atoms with Crippen LogP contribution in [0.5, 0.6) is 5.75 Å². The fraction of sp³-hybridized carbons (Fsp3) is 0.259. The second-order valence-corrected chi connectivity index (χ2v) is 8.44. The van der Waals surface area contributed by atoms with Crippen LogP contribution in [0.4, 0.5) is 14.6 Å². The van der Waals surface area contributed by atoms with E-state index < -0.39 is 11.6 Å². The molecule has 1 aliphatic carbocycles. The first-order chi connectivity index (χ1) is 16.9. The summed E-state index contributed by atoms with van der Waals surface area (Å²) >= 11 is 0. The summed E-state index contributed by atoms with van der Waals surface area (Å²) in [5.41, 5.74) is 2.06. The van der Waals surface area contributed by atoms with Crippen molar-refractivity contribution in [2.75, 3.05) is 5.32 Å². The van der Waals surface area contributed by atoms with Crippen molar-refractivity contribution >= 4 is 23.3 Å².